The van der Waals surface area contributed by atoms with Gasteiger partial charge in [-0.1, -0.05) is 23.2 Å². The zero-order chi connectivity index (χ0) is 19.2. The lowest BCUT2D eigenvalue weighted by atomic mass is 10.3. The average molecular weight is 407 g/mol. The molecule has 1 amide bonds. The Hall–Kier alpha value is -2.33. The molecule has 0 aromatic carbocycles. The second kappa shape index (κ2) is 6.44. The Bertz CT molecular complexity index is 991. The van der Waals surface area contributed by atoms with E-state index in [4.69, 9.17) is 23.2 Å². The summed E-state index contributed by atoms with van der Waals surface area (Å²) < 4.78 is 41.6. The molecule has 0 unspecified atom stereocenters. The van der Waals surface area contributed by atoms with E-state index >= 15 is 0 Å². The van der Waals surface area contributed by atoms with Gasteiger partial charge < -0.3 is 5.32 Å². The second-order valence-electron chi connectivity index (χ2n) is 5.42. The van der Waals surface area contributed by atoms with Crippen LogP contribution in [0.4, 0.5) is 13.2 Å². The number of carbonyl (C=O) groups is 1. The third-order valence-corrected chi connectivity index (χ3v) is 4.26. The first-order valence-electron chi connectivity index (χ1n) is 7.17. The summed E-state index contributed by atoms with van der Waals surface area (Å²) in [6.45, 7) is 1.39. The van der Waals surface area contributed by atoms with Crippen LogP contribution in [0.1, 0.15) is 27.6 Å². The summed E-state index contributed by atoms with van der Waals surface area (Å²) in [5.41, 5.74) is -1.07. The van der Waals surface area contributed by atoms with Gasteiger partial charge in [0.25, 0.3) is 5.91 Å². The number of hydrogen-bond donors (Lipinski definition) is 1. The summed E-state index contributed by atoms with van der Waals surface area (Å²) in [7, 11) is 1.63. The van der Waals surface area contributed by atoms with Crippen molar-refractivity contribution in [2.75, 3.05) is 0 Å². The maximum atomic E-state index is 13.2. The quantitative estimate of drug-likeness (QED) is 0.724. The molecule has 3 aromatic heterocycles. The van der Waals surface area contributed by atoms with Crippen LogP contribution in [0, 0.1) is 6.92 Å². The molecule has 0 aliphatic heterocycles. The summed E-state index contributed by atoms with van der Waals surface area (Å²) in [5.74, 6) is -0.761. The number of alkyl halides is 3. The number of nitrogens with one attached hydrogen (secondary N) is 1. The number of amides is 1. The zero-order valence-corrected chi connectivity index (χ0v) is 14.9. The molecule has 12 heteroatoms. The molecule has 0 fully saturated rings. The Labute approximate surface area is 154 Å². The largest absolute Gasteiger partial charge is 0.433 e. The highest BCUT2D eigenvalue weighted by atomic mass is 35.5. The maximum absolute atomic E-state index is 13.2. The van der Waals surface area contributed by atoms with E-state index in [2.05, 4.69) is 20.5 Å². The van der Waals surface area contributed by atoms with Crippen molar-refractivity contribution in [2.45, 2.75) is 19.6 Å². The van der Waals surface area contributed by atoms with Crippen molar-refractivity contribution in [1.82, 2.24) is 29.7 Å². The van der Waals surface area contributed by atoms with Gasteiger partial charge in [0.05, 0.1) is 23.5 Å². The minimum Gasteiger partial charge on any atom is -0.345 e. The monoisotopic (exact) mass is 406 g/mol. The van der Waals surface area contributed by atoms with Crippen LogP contribution in [0.3, 0.4) is 0 Å². The summed E-state index contributed by atoms with van der Waals surface area (Å²) in [6, 6.07) is 0.827. The number of aromatic nitrogens is 5. The van der Waals surface area contributed by atoms with E-state index in [1.165, 1.54) is 17.8 Å². The van der Waals surface area contributed by atoms with Gasteiger partial charge in [0.2, 0.25) is 0 Å². The van der Waals surface area contributed by atoms with Crippen LogP contribution in [0.15, 0.2) is 12.3 Å². The highest BCUT2D eigenvalue weighted by Gasteiger charge is 2.36. The van der Waals surface area contributed by atoms with Gasteiger partial charge >= 0.3 is 6.18 Å². The topological polar surface area (TPSA) is 77.1 Å². The molecule has 0 saturated heterocycles. The second-order valence-corrected chi connectivity index (χ2v) is 6.21. The van der Waals surface area contributed by atoms with Crippen LogP contribution in [0.25, 0.3) is 5.65 Å². The normalized spacial score (nSPS) is 12.0. The first-order chi connectivity index (χ1) is 12.1. The molecule has 3 heterocycles. The fourth-order valence-corrected chi connectivity index (χ4v) is 2.82. The molecule has 0 aliphatic carbocycles. The van der Waals surface area contributed by atoms with E-state index in [1.54, 1.807) is 7.05 Å². The highest BCUT2D eigenvalue weighted by Crippen LogP contribution is 2.32. The molecule has 26 heavy (non-hydrogen) atoms. The molecule has 7 nitrogen and oxygen atoms in total. The van der Waals surface area contributed by atoms with E-state index in [0.29, 0.717) is 15.2 Å². The lowest BCUT2D eigenvalue weighted by Crippen LogP contribution is -2.25. The van der Waals surface area contributed by atoms with E-state index in [-0.39, 0.29) is 28.6 Å². The van der Waals surface area contributed by atoms with Crippen LogP contribution in [0.2, 0.25) is 10.0 Å². The van der Waals surface area contributed by atoms with Gasteiger partial charge in [-0.3, -0.25) is 9.48 Å². The molecular formula is C14H11Cl2F3N6O. The highest BCUT2D eigenvalue weighted by molar-refractivity contribution is 6.36. The SMILES string of the molecule is Cc1cc(C(F)(F)F)n2nc(C(=O)NCc3c(Cl)cnn3C)c(Cl)c2n1. The van der Waals surface area contributed by atoms with Crippen LogP contribution in [-0.4, -0.2) is 30.3 Å². The number of carbonyl (C=O) groups excluding carboxylic acids is 1. The van der Waals surface area contributed by atoms with Crippen molar-refractivity contribution in [3.05, 3.63) is 45.1 Å². The van der Waals surface area contributed by atoms with Gasteiger partial charge in [-0.15, -0.1) is 0 Å². The van der Waals surface area contributed by atoms with Crippen molar-refractivity contribution >= 4 is 34.8 Å². The summed E-state index contributed by atoms with van der Waals surface area (Å²) >= 11 is 12.0. The Kier molecular flexibility index (Phi) is 4.57. The standard InChI is InChI=1S/C14H11Cl2F3N6O/c1-6-3-9(14(17,18)19)25-12(22-6)10(16)11(23-25)13(26)20-5-8-7(15)4-21-24(8)2/h3-4H,5H2,1-2H3,(H,20,26). The van der Waals surface area contributed by atoms with E-state index in [0.717, 1.165) is 6.07 Å². The van der Waals surface area contributed by atoms with Gasteiger partial charge in [-0.05, 0) is 13.0 Å². The van der Waals surface area contributed by atoms with Crippen LogP contribution >= 0.6 is 23.2 Å². The Balaban J connectivity index is 1.98. The molecule has 138 valence electrons. The predicted molar refractivity (Wildman–Crippen MR) is 87.1 cm³/mol. The average Bonchev–Trinajstić information content (AvgIpc) is 3.04. The first kappa shape index (κ1) is 18.5. The number of nitrogens with zero attached hydrogens (tertiary/aromatic N) is 5. The third kappa shape index (κ3) is 3.21. The van der Waals surface area contributed by atoms with Gasteiger partial charge in [-0.2, -0.15) is 23.4 Å². The minimum atomic E-state index is -4.68. The molecule has 0 saturated carbocycles. The van der Waals surface area contributed by atoms with Crippen molar-refractivity contribution < 1.29 is 18.0 Å². The lowest BCUT2D eigenvalue weighted by molar-refractivity contribution is -0.142. The summed E-state index contributed by atoms with van der Waals surface area (Å²) in [4.78, 5) is 16.3. The lowest BCUT2D eigenvalue weighted by Gasteiger charge is -2.09. The van der Waals surface area contributed by atoms with Crippen molar-refractivity contribution in [1.29, 1.82) is 0 Å². The van der Waals surface area contributed by atoms with Crippen LogP contribution < -0.4 is 5.32 Å². The van der Waals surface area contributed by atoms with Crippen LogP contribution in [-0.2, 0) is 19.8 Å². The third-order valence-electron chi connectivity index (χ3n) is 3.59. The molecule has 0 atom stereocenters. The molecule has 0 radical (unpaired) electrons. The molecule has 0 spiro atoms. The molecule has 3 aromatic rings. The number of halogens is 5. The van der Waals surface area contributed by atoms with Crippen molar-refractivity contribution in [2.24, 2.45) is 7.05 Å². The smallest absolute Gasteiger partial charge is 0.345 e. The number of aryl methyl sites for hydroxylation is 2. The van der Waals surface area contributed by atoms with Crippen molar-refractivity contribution in [3.8, 4) is 0 Å². The minimum absolute atomic E-state index is 0.00302. The molecule has 3 rings (SSSR count). The maximum Gasteiger partial charge on any atom is 0.433 e. The van der Waals surface area contributed by atoms with Crippen molar-refractivity contribution in [3.63, 3.8) is 0 Å². The van der Waals surface area contributed by atoms with Gasteiger partial charge in [0.15, 0.2) is 11.3 Å². The summed E-state index contributed by atoms with van der Waals surface area (Å²) in [6.07, 6.45) is -3.28. The van der Waals surface area contributed by atoms with E-state index < -0.39 is 17.8 Å². The number of fused-ring (bicyclic) bond motifs is 1. The Morgan fingerprint density at radius 3 is 2.62 bits per heavy atom. The van der Waals surface area contributed by atoms with E-state index in [1.807, 2.05) is 0 Å². The zero-order valence-electron chi connectivity index (χ0n) is 13.4. The fraction of sp³-hybridized carbons (Fsp3) is 0.286. The molecule has 0 bridgehead atoms. The predicted octanol–water partition coefficient (Wildman–Crippen LogP) is 3.03. The fourth-order valence-electron chi connectivity index (χ4n) is 2.34. The van der Waals surface area contributed by atoms with Gasteiger partial charge in [0, 0.05) is 12.7 Å². The molecular weight excluding hydrogens is 396 g/mol. The number of rotatable bonds is 3. The van der Waals surface area contributed by atoms with Gasteiger partial charge in [-0.25, -0.2) is 9.50 Å². The summed E-state index contributed by atoms with van der Waals surface area (Å²) in [5, 5.41) is 10.2. The Morgan fingerprint density at radius 2 is 2.04 bits per heavy atom. The molecule has 1 N–H and O–H groups in total. The van der Waals surface area contributed by atoms with Crippen LogP contribution in [0.5, 0.6) is 0 Å². The van der Waals surface area contributed by atoms with E-state index in [9.17, 15) is 18.0 Å². The molecule has 0 aliphatic rings. The first-order valence-corrected chi connectivity index (χ1v) is 7.93. The van der Waals surface area contributed by atoms with Gasteiger partial charge in [0.1, 0.15) is 10.7 Å². The Morgan fingerprint density at radius 1 is 1.35 bits per heavy atom. The number of hydrogen-bond acceptors (Lipinski definition) is 4.